The first-order valence-corrected chi connectivity index (χ1v) is 11.8. The number of hydrazone groups is 1. The Bertz CT molecular complexity index is 1450. The van der Waals surface area contributed by atoms with Crippen LogP contribution in [0.3, 0.4) is 0 Å². The Morgan fingerprint density at radius 2 is 1.46 bits per heavy atom. The predicted molar refractivity (Wildman–Crippen MR) is 145 cm³/mol. The molecule has 0 aliphatic heterocycles. The molecule has 214 valence electrons. The highest BCUT2D eigenvalue weighted by atomic mass is 16.6. The van der Waals surface area contributed by atoms with Gasteiger partial charge in [0.05, 0.1) is 51.7 Å². The van der Waals surface area contributed by atoms with Crippen molar-refractivity contribution < 1.29 is 43.0 Å². The number of esters is 1. The van der Waals surface area contributed by atoms with Crippen LogP contribution in [-0.2, 0) is 4.79 Å². The summed E-state index contributed by atoms with van der Waals surface area (Å²) in [5.74, 6) is -0.678. The zero-order valence-corrected chi connectivity index (χ0v) is 22.5. The smallest absolute Gasteiger partial charge is 0.343 e. The number of benzene rings is 3. The van der Waals surface area contributed by atoms with Crippen molar-refractivity contribution in [2.24, 2.45) is 5.10 Å². The molecule has 0 heterocycles. The van der Waals surface area contributed by atoms with Crippen LogP contribution in [0.2, 0.25) is 0 Å². The van der Waals surface area contributed by atoms with Crippen LogP contribution in [0.25, 0.3) is 0 Å². The topological polar surface area (TPSA) is 177 Å². The van der Waals surface area contributed by atoms with Crippen LogP contribution in [0.1, 0.15) is 26.3 Å². The zero-order chi connectivity index (χ0) is 29.9. The van der Waals surface area contributed by atoms with Gasteiger partial charge in [0.2, 0.25) is 5.75 Å². The zero-order valence-electron chi connectivity index (χ0n) is 22.5. The highest BCUT2D eigenvalue weighted by Gasteiger charge is 2.18. The average molecular weight is 567 g/mol. The minimum absolute atomic E-state index is 0.103. The molecular formula is C27H26N4O10. The van der Waals surface area contributed by atoms with E-state index in [-0.39, 0.29) is 46.4 Å². The van der Waals surface area contributed by atoms with E-state index in [0.29, 0.717) is 11.3 Å². The number of methoxy groups -OCH3 is 4. The fourth-order valence-corrected chi connectivity index (χ4v) is 3.42. The molecule has 0 bridgehead atoms. The summed E-state index contributed by atoms with van der Waals surface area (Å²) >= 11 is 0. The van der Waals surface area contributed by atoms with E-state index in [1.54, 1.807) is 6.07 Å². The van der Waals surface area contributed by atoms with E-state index in [2.05, 4.69) is 15.8 Å². The molecule has 2 amide bonds. The summed E-state index contributed by atoms with van der Waals surface area (Å²) in [5, 5.41) is 17.1. The van der Waals surface area contributed by atoms with Crippen molar-refractivity contribution in [1.82, 2.24) is 10.7 Å². The number of amides is 2. The number of non-ortho nitro benzene ring substituents is 1. The SMILES string of the molecule is COc1cc(C=NNC(=O)CNC(=O)c2cc(OC)c(OC)c(OC)c2)ccc1OC(=O)c1ccc([N+](=O)[O-])cc1. The van der Waals surface area contributed by atoms with Crippen LogP contribution < -0.4 is 34.4 Å². The quantitative estimate of drug-likeness (QED) is 0.109. The predicted octanol–water partition coefficient (Wildman–Crippen LogP) is 2.73. The summed E-state index contributed by atoms with van der Waals surface area (Å²) in [4.78, 5) is 47.3. The minimum Gasteiger partial charge on any atom is -0.493 e. The standard InChI is InChI=1S/C27H26N4O10/c1-37-21-11-16(5-10-20(21)41-27(34)17-6-8-19(9-7-17)31(35)36)14-29-30-24(32)15-28-26(33)18-12-22(38-2)25(40-4)23(13-18)39-3/h5-14H,15H2,1-4H3,(H,28,33)(H,30,32). The number of nitrogens with zero attached hydrogens (tertiary/aromatic N) is 2. The van der Waals surface area contributed by atoms with Crippen molar-refractivity contribution in [3.05, 3.63) is 81.4 Å². The normalized spacial score (nSPS) is 10.4. The number of hydrogen-bond acceptors (Lipinski definition) is 11. The molecule has 0 aromatic heterocycles. The van der Waals surface area contributed by atoms with Gasteiger partial charge in [-0.3, -0.25) is 19.7 Å². The molecule has 0 aliphatic carbocycles. The van der Waals surface area contributed by atoms with Gasteiger partial charge in [0, 0.05) is 17.7 Å². The summed E-state index contributed by atoms with van der Waals surface area (Å²) in [6.45, 7) is -0.367. The van der Waals surface area contributed by atoms with E-state index in [9.17, 15) is 24.5 Å². The van der Waals surface area contributed by atoms with Crippen molar-refractivity contribution in [2.75, 3.05) is 35.0 Å². The van der Waals surface area contributed by atoms with Crippen LogP contribution in [0, 0.1) is 10.1 Å². The lowest BCUT2D eigenvalue weighted by atomic mass is 10.1. The Kier molecular flexibility index (Phi) is 10.2. The molecule has 3 aromatic rings. The molecule has 14 heteroatoms. The number of rotatable bonds is 12. The van der Waals surface area contributed by atoms with Crippen molar-refractivity contribution in [2.45, 2.75) is 0 Å². The first-order valence-electron chi connectivity index (χ1n) is 11.8. The minimum atomic E-state index is -0.736. The molecule has 0 saturated carbocycles. The van der Waals surface area contributed by atoms with Gasteiger partial charge in [-0.25, -0.2) is 10.2 Å². The molecule has 0 unspecified atom stereocenters. The molecule has 2 N–H and O–H groups in total. The highest BCUT2D eigenvalue weighted by molar-refractivity contribution is 5.97. The number of ether oxygens (including phenoxy) is 5. The third-order valence-corrected chi connectivity index (χ3v) is 5.44. The van der Waals surface area contributed by atoms with E-state index in [1.165, 1.54) is 83.2 Å². The lowest BCUT2D eigenvalue weighted by molar-refractivity contribution is -0.384. The molecule has 14 nitrogen and oxygen atoms in total. The van der Waals surface area contributed by atoms with Crippen molar-refractivity contribution in [1.29, 1.82) is 0 Å². The van der Waals surface area contributed by atoms with Gasteiger partial charge in [-0.2, -0.15) is 5.10 Å². The largest absolute Gasteiger partial charge is 0.493 e. The maximum atomic E-state index is 12.5. The molecule has 3 rings (SSSR count). The second-order valence-corrected chi connectivity index (χ2v) is 7.99. The Morgan fingerprint density at radius 1 is 0.829 bits per heavy atom. The Labute approximate surface area is 234 Å². The van der Waals surface area contributed by atoms with Gasteiger partial charge in [0.25, 0.3) is 17.5 Å². The molecule has 0 aliphatic rings. The summed E-state index contributed by atoms with van der Waals surface area (Å²) in [5.41, 5.74) is 2.94. The molecule has 0 saturated heterocycles. The Morgan fingerprint density at radius 3 is 2.02 bits per heavy atom. The maximum absolute atomic E-state index is 12.5. The number of nitro groups is 1. The van der Waals surface area contributed by atoms with Gasteiger partial charge >= 0.3 is 5.97 Å². The highest BCUT2D eigenvalue weighted by Crippen LogP contribution is 2.38. The molecule has 0 spiro atoms. The van der Waals surface area contributed by atoms with E-state index in [0.717, 1.165) is 0 Å². The first-order chi connectivity index (χ1) is 19.7. The molecule has 41 heavy (non-hydrogen) atoms. The van der Waals surface area contributed by atoms with Crippen LogP contribution >= 0.6 is 0 Å². The fourth-order valence-electron chi connectivity index (χ4n) is 3.42. The van der Waals surface area contributed by atoms with Crippen LogP contribution in [0.5, 0.6) is 28.7 Å². The second-order valence-electron chi connectivity index (χ2n) is 7.99. The van der Waals surface area contributed by atoms with Crippen LogP contribution in [0.15, 0.2) is 59.7 Å². The van der Waals surface area contributed by atoms with Gasteiger partial charge in [-0.05, 0) is 48.0 Å². The van der Waals surface area contributed by atoms with Crippen LogP contribution in [-0.4, -0.2) is 63.9 Å². The lowest BCUT2D eigenvalue weighted by Gasteiger charge is -2.14. The van der Waals surface area contributed by atoms with E-state index < -0.39 is 22.7 Å². The monoisotopic (exact) mass is 566 g/mol. The lowest BCUT2D eigenvalue weighted by Crippen LogP contribution is -2.34. The molecule has 3 aromatic carbocycles. The Balaban J connectivity index is 1.57. The number of nitrogens with one attached hydrogen (secondary N) is 2. The summed E-state index contributed by atoms with van der Waals surface area (Å²) in [7, 11) is 5.65. The number of carbonyl (C=O) groups is 3. The molecule has 0 radical (unpaired) electrons. The van der Waals surface area contributed by atoms with E-state index >= 15 is 0 Å². The molecule has 0 fully saturated rings. The maximum Gasteiger partial charge on any atom is 0.343 e. The third-order valence-electron chi connectivity index (χ3n) is 5.44. The number of nitro benzene ring substituents is 1. The van der Waals surface area contributed by atoms with Crippen LogP contribution in [0.4, 0.5) is 5.69 Å². The summed E-state index contributed by atoms with van der Waals surface area (Å²) in [6, 6.07) is 12.4. The third kappa shape index (κ3) is 7.69. The van der Waals surface area contributed by atoms with Gasteiger partial charge in [-0.1, -0.05) is 0 Å². The Hall–Kier alpha value is -5.66. The van der Waals surface area contributed by atoms with Crippen molar-refractivity contribution in [3.8, 4) is 28.7 Å². The van der Waals surface area contributed by atoms with E-state index in [1.807, 2.05) is 0 Å². The summed E-state index contributed by atoms with van der Waals surface area (Å²) < 4.78 is 26.3. The van der Waals surface area contributed by atoms with Gasteiger partial charge in [0.15, 0.2) is 23.0 Å². The number of hydrogen-bond donors (Lipinski definition) is 2. The van der Waals surface area contributed by atoms with Gasteiger partial charge < -0.3 is 29.0 Å². The van der Waals surface area contributed by atoms with Gasteiger partial charge in [-0.15, -0.1) is 0 Å². The molecule has 0 atom stereocenters. The summed E-state index contributed by atoms with van der Waals surface area (Å²) in [6.07, 6.45) is 1.32. The van der Waals surface area contributed by atoms with Gasteiger partial charge in [0.1, 0.15) is 0 Å². The second kappa shape index (κ2) is 13.9. The fraction of sp³-hybridized carbons (Fsp3) is 0.185. The van der Waals surface area contributed by atoms with E-state index in [4.69, 9.17) is 23.7 Å². The average Bonchev–Trinajstić information content (AvgIpc) is 2.99. The number of carbonyl (C=O) groups excluding carboxylic acids is 3. The first kappa shape index (κ1) is 29.9. The van der Waals surface area contributed by atoms with Crippen molar-refractivity contribution >= 4 is 29.7 Å². The van der Waals surface area contributed by atoms with Crippen molar-refractivity contribution in [3.63, 3.8) is 0 Å². The molecular weight excluding hydrogens is 540 g/mol.